The number of aliphatic hydroxyl groups excluding tert-OH is 1. The van der Waals surface area contributed by atoms with Gasteiger partial charge in [0.05, 0.1) is 12.3 Å². The van der Waals surface area contributed by atoms with Crippen LogP contribution in [0.2, 0.25) is 0 Å². The van der Waals surface area contributed by atoms with Crippen LogP contribution in [0.3, 0.4) is 0 Å². The fourth-order valence-electron chi connectivity index (χ4n) is 1.23. The Kier molecular flexibility index (Phi) is 10.4. The molecule has 1 rings (SSSR count). The molecule has 0 fully saturated rings. The molecule has 1 aromatic rings. The van der Waals surface area contributed by atoms with Crippen LogP contribution in [-0.4, -0.2) is 34.4 Å². The summed E-state index contributed by atoms with van der Waals surface area (Å²) in [6.07, 6.45) is 4.46. The Balaban J connectivity index is 0.000000885. The third-order valence-corrected chi connectivity index (χ3v) is 2.51. The Labute approximate surface area is 128 Å². The van der Waals surface area contributed by atoms with Crippen LogP contribution in [0, 0.1) is 18.8 Å². The van der Waals surface area contributed by atoms with Crippen LogP contribution in [0.4, 0.5) is 11.5 Å². The molecule has 120 valence electrons. The number of aryl methyl sites for hydroxylation is 1. The maximum absolute atomic E-state index is 8.80. The SMILES string of the molecule is CC(C)C.CCC(C)C=Nc1c(C)ncnc1NCCO. The Hall–Kier alpha value is -1.49. The molecule has 1 unspecified atom stereocenters. The molecule has 5 nitrogen and oxygen atoms in total. The molecule has 0 aliphatic carbocycles. The molecule has 0 spiro atoms. The van der Waals surface area contributed by atoms with E-state index in [-0.39, 0.29) is 6.61 Å². The van der Waals surface area contributed by atoms with Crippen LogP contribution in [0.1, 0.15) is 46.7 Å². The Morgan fingerprint density at radius 1 is 1.29 bits per heavy atom. The van der Waals surface area contributed by atoms with Crippen molar-refractivity contribution < 1.29 is 5.11 Å². The largest absolute Gasteiger partial charge is 0.395 e. The van der Waals surface area contributed by atoms with E-state index in [0.717, 1.165) is 23.7 Å². The van der Waals surface area contributed by atoms with Gasteiger partial charge in [0, 0.05) is 12.8 Å². The molecule has 2 N–H and O–H groups in total. The number of aliphatic imine (C=N–C) groups is 1. The van der Waals surface area contributed by atoms with Crippen LogP contribution < -0.4 is 5.32 Å². The predicted molar refractivity (Wildman–Crippen MR) is 90.5 cm³/mol. The van der Waals surface area contributed by atoms with E-state index in [1.54, 1.807) is 0 Å². The fraction of sp³-hybridized carbons (Fsp3) is 0.688. The molecule has 0 aromatic carbocycles. The molecule has 0 aliphatic rings. The Bertz CT molecular complexity index is 416. The van der Waals surface area contributed by atoms with Crippen molar-refractivity contribution in [3.63, 3.8) is 0 Å². The molecule has 0 bridgehead atoms. The third kappa shape index (κ3) is 9.13. The zero-order valence-electron chi connectivity index (χ0n) is 14.2. The summed E-state index contributed by atoms with van der Waals surface area (Å²) in [5, 5.41) is 11.8. The van der Waals surface area contributed by atoms with Crippen LogP contribution >= 0.6 is 0 Å². The van der Waals surface area contributed by atoms with Crippen molar-refractivity contribution in [2.45, 2.75) is 48.0 Å². The van der Waals surface area contributed by atoms with Gasteiger partial charge >= 0.3 is 0 Å². The van der Waals surface area contributed by atoms with E-state index in [9.17, 15) is 0 Å². The standard InChI is InChI=1S/C12H20N4O.C4H10/c1-4-9(2)7-14-11-10(3)15-8-16-12(11)13-5-6-17;1-4(2)3/h7-9,17H,4-6H2,1-3H3,(H,13,15,16);4H,1-3H3. The molecule has 5 heteroatoms. The molecule has 0 saturated carbocycles. The molecule has 1 atom stereocenters. The molecular formula is C16H30N4O. The van der Waals surface area contributed by atoms with Crippen LogP contribution in [0.25, 0.3) is 0 Å². The van der Waals surface area contributed by atoms with Gasteiger partial charge in [0.25, 0.3) is 0 Å². The van der Waals surface area contributed by atoms with Crippen molar-refractivity contribution in [3.8, 4) is 0 Å². The second-order valence-corrected chi connectivity index (χ2v) is 5.70. The summed E-state index contributed by atoms with van der Waals surface area (Å²) < 4.78 is 0. The molecule has 1 heterocycles. The van der Waals surface area contributed by atoms with E-state index in [2.05, 4.69) is 54.9 Å². The minimum absolute atomic E-state index is 0.0670. The van der Waals surface area contributed by atoms with Gasteiger partial charge in [-0.3, -0.25) is 4.99 Å². The zero-order chi connectivity index (χ0) is 16.3. The lowest BCUT2D eigenvalue weighted by atomic mass is 10.1. The maximum atomic E-state index is 8.80. The van der Waals surface area contributed by atoms with Crippen molar-refractivity contribution in [2.24, 2.45) is 16.8 Å². The second kappa shape index (κ2) is 11.2. The number of anilines is 1. The Morgan fingerprint density at radius 3 is 2.43 bits per heavy atom. The second-order valence-electron chi connectivity index (χ2n) is 5.70. The first-order valence-corrected chi connectivity index (χ1v) is 7.62. The van der Waals surface area contributed by atoms with E-state index < -0.39 is 0 Å². The van der Waals surface area contributed by atoms with Crippen LogP contribution in [0.5, 0.6) is 0 Å². The van der Waals surface area contributed by atoms with E-state index in [1.807, 2.05) is 13.1 Å². The van der Waals surface area contributed by atoms with E-state index in [4.69, 9.17) is 5.11 Å². The number of rotatable bonds is 6. The highest BCUT2D eigenvalue weighted by Crippen LogP contribution is 2.24. The van der Waals surface area contributed by atoms with E-state index >= 15 is 0 Å². The predicted octanol–water partition coefficient (Wildman–Crippen LogP) is 3.60. The molecule has 0 radical (unpaired) electrons. The first-order chi connectivity index (χ1) is 9.92. The van der Waals surface area contributed by atoms with Crippen LogP contribution in [-0.2, 0) is 0 Å². The number of hydrogen-bond donors (Lipinski definition) is 2. The Morgan fingerprint density at radius 2 is 1.90 bits per heavy atom. The monoisotopic (exact) mass is 294 g/mol. The van der Waals surface area contributed by atoms with Gasteiger partial charge in [0.1, 0.15) is 12.0 Å². The van der Waals surface area contributed by atoms with Gasteiger partial charge in [-0.15, -0.1) is 0 Å². The highest BCUT2D eigenvalue weighted by Gasteiger charge is 2.06. The van der Waals surface area contributed by atoms with Crippen molar-refractivity contribution in [1.82, 2.24) is 9.97 Å². The third-order valence-electron chi connectivity index (χ3n) is 2.51. The minimum Gasteiger partial charge on any atom is -0.395 e. The molecule has 21 heavy (non-hydrogen) atoms. The first kappa shape index (κ1) is 19.5. The van der Waals surface area contributed by atoms with Crippen molar-refractivity contribution >= 4 is 17.7 Å². The average molecular weight is 294 g/mol. The van der Waals surface area contributed by atoms with E-state index in [0.29, 0.717) is 18.3 Å². The maximum Gasteiger partial charge on any atom is 0.155 e. The van der Waals surface area contributed by atoms with Gasteiger partial charge < -0.3 is 10.4 Å². The van der Waals surface area contributed by atoms with E-state index in [1.165, 1.54) is 6.33 Å². The fourth-order valence-corrected chi connectivity index (χ4v) is 1.23. The summed E-state index contributed by atoms with van der Waals surface area (Å²) in [7, 11) is 0. The summed E-state index contributed by atoms with van der Waals surface area (Å²) in [6.45, 7) is 13.2. The highest BCUT2D eigenvalue weighted by molar-refractivity contribution is 5.72. The lowest BCUT2D eigenvalue weighted by molar-refractivity contribution is 0.311. The summed E-state index contributed by atoms with van der Waals surface area (Å²) in [6, 6.07) is 0. The van der Waals surface area contributed by atoms with Crippen LogP contribution in [0.15, 0.2) is 11.3 Å². The minimum atomic E-state index is 0.0670. The van der Waals surface area contributed by atoms with Crippen molar-refractivity contribution in [2.75, 3.05) is 18.5 Å². The van der Waals surface area contributed by atoms with Gasteiger partial charge in [-0.25, -0.2) is 9.97 Å². The van der Waals surface area contributed by atoms with Crippen molar-refractivity contribution in [3.05, 3.63) is 12.0 Å². The van der Waals surface area contributed by atoms with Gasteiger partial charge in [-0.1, -0.05) is 34.6 Å². The number of hydrogen-bond acceptors (Lipinski definition) is 5. The lowest BCUT2D eigenvalue weighted by Crippen LogP contribution is -2.08. The van der Waals surface area contributed by atoms with Gasteiger partial charge in [-0.2, -0.15) is 0 Å². The quantitative estimate of drug-likeness (QED) is 0.786. The summed E-state index contributed by atoms with van der Waals surface area (Å²) in [5.74, 6) is 1.94. The summed E-state index contributed by atoms with van der Waals surface area (Å²) in [4.78, 5) is 12.7. The summed E-state index contributed by atoms with van der Waals surface area (Å²) in [5.41, 5.74) is 1.58. The number of nitrogens with zero attached hydrogens (tertiary/aromatic N) is 3. The molecule has 1 aromatic heterocycles. The topological polar surface area (TPSA) is 70.4 Å². The molecule has 0 saturated heterocycles. The molecular weight excluding hydrogens is 264 g/mol. The molecule has 0 amide bonds. The average Bonchev–Trinajstić information content (AvgIpc) is 2.43. The zero-order valence-corrected chi connectivity index (χ0v) is 14.2. The van der Waals surface area contributed by atoms with Crippen molar-refractivity contribution in [1.29, 1.82) is 0 Å². The van der Waals surface area contributed by atoms with Gasteiger partial charge in [0.2, 0.25) is 0 Å². The van der Waals surface area contributed by atoms with Gasteiger partial charge in [0.15, 0.2) is 5.82 Å². The highest BCUT2D eigenvalue weighted by atomic mass is 16.3. The number of aromatic nitrogens is 2. The molecule has 0 aliphatic heterocycles. The van der Waals surface area contributed by atoms with Gasteiger partial charge in [-0.05, 0) is 25.2 Å². The summed E-state index contributed by atoms with van der Waals surface area (Å²) >= 11 is 0. The smallest absolute Gasteiger partial charge is 0.155 e. The lowest BCUT2D eigenvalue weighted by Gasteiger charge is -2.08. The number of nitrogens with one attached hydrogen (secondary N) is 1. The first-order valence-electron chi connectivity index (χ1n) is 7.62. The normalized spacial score (nSPS) is 12.2. The number of aliphatic hydroxyl groups is 1.